The van der Waals surface area contributed by atoms with Gasteiger partial charge in [-0.2, -0.15) is 0 Å². The van der Waals surface area contributed by atoms with E-state index >= 15 is 0 Å². The third kappa shape index (κ3) is 8.34. The molecular formula is C14H28. The lowest BCUT2D eigenvalue weighted by atomic mass is 9.92. The molecule has 0 aliphatic rings. The van der Waals surface area contributed by atoms with E-state index < -0.39 is 0 Å². The zero-order valence-corrected chi connectivity index (χ0v) is 10.4. The van der Waals surface area contributed by atoms with Crippen molar-refractivity contribution in [2.45, 2.75) is 72.1 Å². The molecule has 0 N–H and O–H groups in total. The second-order valence-corrected chi connectivity index (χ2v) is 4.62. The van der Waals surface area contributed by atoms with Gasteiger partial charge in [0, 0.05) is 0 Å². The van der Waals surface area contributed by atoms with Gasteiger partial charge in [0.15, 0.2) is 0 Å². The average Bonchev–Trinajstić information content (AvgIpc) is 2.16. The Balaban J connectivity index is 3.42. The predicted molar refractivity (Wildman–Crippen MR) is 66.6 cm³/mol. The van der Waals surface area contributed by atoms with Gasteiger partial charge >= 0.3 is 0 Å². The van der Waals surface area contributed by atoms with Crippen LogP contribution in [0.15, 0.2) is 12.2 Å². The van der Waals surface area contributed by atoms with Crippen LogP contribution in [0.1, 0.15) is 72.1 Å². The highest BCUT2D eigenvalue weighted by Gasteiger charge is 2.05. The molecule has 0 nitrogen and oxygen atoms in total. The molecule has 0 aliphatic heterocycles. The fourth-order valence-corrected chi connectivity index (χ4v) is 1.86. The first-order chi connectivity index (χ1) is 6.70. The highest BCUT2D eigenvalue weighted by molar-refractivity contribution is 4.88. The molecule has 0 aromatic heterocycles. The maximum atomic E-state index is 3.97. The zero-order chi connectivity index (χ0) is 10.8. The molecule has 0 saturated heterocycles. The van der Waals surface area contributed by atoms with E-state index in [1.165, 1.54) is 56.9 Å². The fraction of sp³-hybridized carbons (Fsp3) is 0.857. The molecule has 84 valence electrons. The monoisotopic (exact) mass is 196 g/mol. The third-order valence-corrected chi connectivity index (χ3v) is 3.02. The number of unbranched alkanes of at least 4 members (excludes halogenated alkanes) is 3. The fourth-order valence-electron chi connectivity index (χ4n) is 1.86. The van der Waals surface area contributed by atoms with Gasteiger partial charge in [-0.1, -0.05) is 57.9 Å². The zero-order valence-electron chi connectivity index (χ0n) is 10.4. The Morgan fingerprint density at radius 3 is 2.29 bits per heavy atom. The highest BCUT2D eigenvalue weighted by atomic mass is 14.1. The first-order valence-corrected chi connectivity index (χ1v) is 6.35. The van der Waals surface area contributed by atoms with Crippen molar-refractivity contribution in [3.05, 3.63) is 12.2 Å². The van der Waals surface area contributed by atoms with Crippen LogP contribution in [0.2, 0.25) is 0 Å². The quantitative estimate of drug-likeness (QED) is 0.345. The van der Waals surface area contributed by atoms with Crippen molar-refractivity contribution < 1.29 is 0 Å². The number of hydrogen-bond donors (Lipinski definition) is 0. The number of rotatable bonds is 9. The highest BCUT2D eigenvalue weighted by Crippen LogP contribution is 2.20. The van der Waals surface area contributed by atoms with Crippen molar-refractivity contribution in [1.82, 2.24) is 0 Å². The lowest BCUT2D eigenvalue weighted by Gasteiger charge is -2.14. The largest absolute Gasteiger partial charge is 0.100 e. The van der Waals surface area contributed by atoms with Gasteiger partial charge in [0.1, 0.15) is 0 Å². The molecule has 1 atom stereocenters. The second-order valence-electron chi connectivity index (χ2n) is 4.62. The molecule has 0 amide bonds. The van der Waals surface area contributed by atoms with Crippen LogP contribution in [-0.2, 0) is 0 Å². The van der Waals surface area contributed by atoms with Gasteiger partial charge in [0.05, 0.1) is 0 Å². The van der Waals surface area contributed by atoms with E-state index in [1.54, 1.807) is 0 Å². The second kappa shape index (κ2) is 9.30. The Hall–Kier alpha value is -0.260. The van der Waals surface area contributed by atoms with Crippen LogP contribution in [0.3, 0.4) is 0 Å². The van der Waals surface area contributed by atoms with Crippen LogP contribution in [-0.4, -0.2) is 0 Å². The SMILES string of the molecule is C=C(C)CCC(CC)CCCCCC. The first-order valence-electron chi connectivity index (χ1n) is 6.35. The molecule has 0 fully saturated rings. The van der Waals surface area contributed by atoms with Crippen LogP contribution < -0.4 is 0 Å². The summed E-state index contributed by atoms with van der Waals surface area (Å²) in [5.74, 6) is 0.948. The minimum absolute atomic E-state index is 0.948. The molecule has 0 spiro atoms. The van der Waals surface area contributed by atoms with Gasteiger partial charge in [0.25, 0.3) is 0 Å². The standard InChI is InChI=1S/C14H28/c1-5-7-8-9-10-14(6-2)12-11-13(3)4/h14H,3,5-12H2,1-2,4H3. The van der Waals surface area contributed by atoms with Crippen LogP contribution in [0, 0.1) is 5.92 Å². The first kappa shape index (κ1) is 13.7. The molecule has 0 aliphatic carbocycles. The Morgan fingerprint density at radius 2 is 1.79 bits per heavy atom. The number of allylic oxidation sites excluding steroid dienone is 1. The smallest absolute Gasteiger partial charge is 0.0323 e. The van der Waals surface area contributed by atoms with Crippen LogP contribution in [0.4, 0.5) is 0 Å². The molecule has 0 heteroatoms. The Kier molecular flexibility index (Phi) is 9.13. The molecule has 0 saturated carbocycles. The molecule has 14 heavy (non-hydrogen) atoms. The van der Waals surface area contributed by atoms with Gasteiger partial charge < -0.3 is 0 Å². The molecule has 0 bridgehead atoms. The van der Waals surface area contributed by atoms with Gasteiger partial charge in [-0.15, -0.1) is 6.58 Å². The normalized spacial score (nSPS) is 12.8. The Bertz CT molecular complexity index is 135. The summed E-state index contributed by atoms with van der Waals surface area (Å²) >= 11 is 0. The van der Waals surface area contributed by atoms with Crippen LogP contribution in [0.25, 0.3) is 0 Å². The van der Waals surface area contributed by atoms with Gasteiger partial charge in [-0.3, -0.25) is 0 Å². The van der Waals surface area contributed by atoms with Gasteiger partial charge in [0.2, 0.25) is 0 Å². The molecular weight excluding hydrogens is 168 g/mol. The van der Waals surface area contributed by atoms with Gasteiger partial charge in [-0.25, -0.2) is 0 Å². The van der Waals surface area contributed by atoms with Crippen molar-refractivity contribution in [2.24, 2.45) is 5.92 Å². The van der Waals surface area contributed by atoms with E-state index in [2.05, 4.69) is 27.4 Å². The third-order valence-electron chi connectivity index (χ3n) is 3.02. The van der Waals surface area contributed by atoms with E-state index in [-0.39, 0.29) is 0 Å². The van der Waals surface area contributed by atoms with Crippen molar-refractivity contribution in [3.8, 4) is 0 Å². The Labute approximate surface area is 90.8 Å². The minimum atomic E-state index is 0.948. The summed E-state index contributed by atoms with van der Waals surface area (Å²) in [5, 5.41) is 0. The Morgan fingerprint density at radius 1 is 1.07 bits per heavy atom. The molecule has 0 radical (unpaired) electrons. The van der Waals surface area contributed by atoms with Crippen LogP contribution >= 0.6 is 0 Å². The minimum Gasteiger partial charge on any atom is -0.100 e. The molecule has 0 heterocycles. The van der Waals surface area contributed by atoms with Gasteiger partial charge in [-0.05, 0) is 25.7 Å². The molecule has 0 aromatic carbocycles. The summed E-state index contributed by atoms with van der Waals surface area (Å²) in [6, 6.07) is 0. The van der Waals surface area contributed by atoms with E-state index in [0.29, 0.717) is 0 Å². The van der Waals surface area contributed by atoms with E-state index in [4.69, 9.17) is 0 Å². The maximum absolute atomic E-state index is 3.97. The van der Waals surface area contributed by atoms with E-state index in [1.807, 2.05) is 0 Å². The lowest BCUT2D eigenvalue weighted by molar-refractivity contribution is 0.414. The topological polar surface area (TPSA) is 0 Å². The van der Waals surface area contributed by atoms with Crippen molar-refractivity contribution in [2.75, 3.05) is 0 Å². The average molecular weight is 196 g/mol. The number of hydrogen-bond acceptors (Lipinski definition) is 0. The summed E-state index contributed by atoms with van der Waals surface area (Å²) in [6.07, 6.45) is 11.0. The molecule has 0 rings (SSSR count). The molecule has 1 unspecified atom stereocenters. The lowest BCUT2D eigenvalue weighted by Crippen LogP contribution is -1.99. The molecule has 0 aromatic rings. The van der Waals surface area contributed by atoms with Crippen LogP contribution in [0.5, 0.6) is 0 Å². The summed E-state index contributed by atoms with van der Waals surface area (Å²) < 4.78 is 0. The van der Waals surface area contributed by atoms with Crippen molar-refractivity contribution in [3.63, 3.8) is 0 Å². The van der Waals surface area contributed by atoms with E-state index in [0.717, 1.165) is 5.92 Å². The summed E-state index contributed by atoms with van der Waals surface area (Å²) in [5.41, 5.74) is 1.34. The maximum Gasteiger partial charge on any atom is -0.0323 e. The van der Waals surface area contributed by atoms with Crippen molar-refractivity contribution >= 4 is 0 Å². The summed E-state index contributed by atoms with van der Waals surface area (Å²) in [4.78, 5) is 0. The van der Waals surface area contributed by atoms with Crippen molar-refractivity contribution in [1.29, 1.82) is 0 Å². The summed E-state index contributed by atoms with van der Waals surface area (Å²) in [7, 11) is 0. The summed E-state index contributed by atoms with van der Waals surface area (Å²) in [6.45, 7) is 10.7. The van der Waals surface area contributed by atoms with E-state index in [9.17, 15) is 0 Å². The predicted octanol–water partition coefficient (Wildman–Crippen LogP) is 5.34.